The lowest BCUT2D eigenvalue weighted by molar-refractivity contribution is -0.113. The van der Waals surface area contributed by atoms with E-state index in [1.807, 2.05) is 36.9 Å². The average molecular weight is 319 g/mol. The molecule has 2 aromatic heterocycles. The predicted molar refractivity (Wildman–Crippen MR) is 84.7 cm³/mol. The number of hydrogen-bond acceptors (Lipinski definition) is 6. The minimum atomic E-state index is -0.0772. The molecular weight excluding hydrogens is 306 g/mol. The van der Waals surface area contributed by atoms with Gasteiger partial charge >= 0.3 is 0 Å². The monoisotopic (exact) mass is 319 g/mol. The molecular formula is C13H13N5OS2. The number of imidazole rings is 1. The van der Waals surface area contributed by atoms with Crippen LogP contribution >= 0.6 is 23.5 Å². The Kier molecular flexibility index (Phi) is 3.89. The van der Waals surface area contributed by atoms with Crippen LogP contribution in [0.3, 0.4) is 0 Å². The predicted octanol–water partition coefficient (Wildman–Crippen LogP) is 2.46. The van der Waals surface area contributed by atoms with Crippen molar-refractivity contribution in [1.82, 2.24) is 18.3 Å². The summed E-state index contributed by atoms with van der Waals surface area (Å²) >= 11 is 2.55. The molecule has 0 atom stereocenters. The summed E-state index contributed by atoms with van der Waals surface area (Å²) in [6.07, 6.45) is 3.57. The average Bonchev–Trinajstić information content (AvgIpc) is 3.08. The van der Waals surface area contributed by atoms with Crippen LogP contribution in [0.2, 0.25) is 0 Å². The van der Waals surface area contributed by atoms with Gasteiger partial charge in [-0.2, -0.15) is 8.75 Å². The summed E-state index contributed by atoms with van der Waals surface area (Å²) in [7, 11) is 1.90. The van der Waals surface area contributed by atoms with Crippen molar-refractivity contribution in [1.29, 1.82) is 0 Å². The molecule has 108 valence electrons. The first-order valence-corrected chi connectivity index (χ1v) is 7.98. The number of hydrogen-bond donors (Lipinski definition) is 1. The lowest BCUT2D eigenvalue weighted by Crippen LogP contribution is -2.15. The van der Waals surface area contributed by atoms with Crippen molar-refractivity contribution < 1.29 is 4.79 Å². The number of amides is 1. The highest BCUT2D eigenvalue weighted by molar-refractivity contribution is 7.99. The van der Waals surface area contributed by atoms with Gasteiger partial charge in [-0.15, -0.1) is 0 Å². The zero-order valence-corrected chi connectivity index (χ0v) is 13.2. The summed E-state index contributed by atoms with van der Waals surface area (Å²) in [5.41, 5.74) is 3.27. The fourth-order valence-electron chi connectivity index (χ4n) is 1.91. The molecule has 6 nitrogen and oxygen atoms in total. The van der Waals surface area contributed by atoms with Crippen LogP contribution in [0.15, 0.2) is 29.7 Å². The van der Waals surface area contributed by atoms with Crippen molar-refractivity contribution in [2.75, 3.05) is 11.1 Å². The minimum Gasteiger partial charge on any atom is -0.329 e. The molecule has 1 aromatic carbocycles. The Labute approximate surface area is 129 Å². The zero-order valence-electron chi connectivity index (χ0n) is 11.5. The Morgan fingerprint density at radius 1 is 1.43 bits per heavy atom. The van der Waals surface area contributed by atoms with Crippen LogP contribution in [0, 0.1) is 6.92 Å². The van der Waals surface area contributed by atoms with Gasteiger partial charge in [-0.3, -0.25) is 4.79 Å². The number of carbonyl (C=O) groups excluding carboxylic acids is 1. The maximum Gasteiger partial charge on any atom is 0.234 e. The van der Waals surface area contributed by atoms with E-state index in [-0.39, 0.29) is 5.91 Å². The number of carbonyl (C=O) groups is 1. The van der Waals surface area contributed by atoms with Gasteiger partial charge in [0.2, 0.25) is 5.91 Å². The molecule has 0 aliphatic heterocycles. The van der Waals surface area contributed by atoms with Gasteiger partial charge < -0.3 is 9.88 Å². The summed E-state index contributed by atoms with van der Waals surface area (Å²) in [5, 5.41) is 3.74. The molecule has 0 unspecified atom stereocenters. The number of benzene rings is 1. The van der Waals surface area contributed by atoms with E-state index in [1.165, 1.54) is 11.8 Å². The number of thioether (sulfide) groups is 1. The largest absolute Gasteiger partial charge is 0.329 e. The molecule has 1 amide bonds. The molecule has 0 saturated carbocycles. The van der Waals surface area contributed by atoms with E-state index >= 15 is 0 Å². The van der Waals surface area contributed by atoms with Crippen LogP contribution in [-0.4, -0.2) is 30.0 Å². The van der Waals surface area contributed by atoms with Gasteiger partial charge in [-0.05, 0) is 18.6 Å². The van der Waals surface area contributed by atoms with Crippen molar-refractivity contribution in [2.45, 2.75) is 12.1 Å². The van der Waals surface area contributed by atoms with E-state index in [2.05, 4.69) is 19.0 Å². The first-order valence-electron chi connectivity index (χ1n) is 6.27. The normalized spacial score (nSPS) is 11.0. The fourth-order valence-corrected chi connectivity index (χ4v) is 3.18. The first-order chi connectivity index (χ1) is 10.1. The fraction of sp³-hybridized carbons (Fsp3) is 0.231. The van der Waals surface area contributed by atoms with Crippen LogP contribution in [0.5, 0.6) is 0 Å². The van der Waals surface area contributed by atoms with Gasteiger partial charge in [0, 0.05) is 19.4 Å². The molecule has 0 bridgehead atoms. The molecule has 8 heteroatoms. The lowest BCUT2D eigenvalue weighted by Gasteiger charge is -2.08. The molecule has 0 radical (unpaired) electrons. The molecule has 0 fully saturated rings. The molecule has 21 heavy (non-hydrogen) atoms. The lowest BCUT2D eigenvalue weighted by atomic mass is 10.1. The van der Waals surface area contributed by atoms with Gasteiger partial charge in [0.25, 0.3) is 0 Å². The second-order valence-electron chi connectivity index (χ2n) is 4.55. The highest BCUT2D eigenvalue weighted by Gasteiger charge is 2.12. The number of nitrogens with one attached hydrogen (secondary N) is 1. The molecule has 3 aromatic rings. The van der Waals surface area contributed by atoms with Crippen LogP contribution in [-0.2, 0) is 11.8 Å². The van der Waals surface area contributed by atoms with E-state index < -0.39 is 0 Å². The Balaban J connectivity index is 1.73. The standard InChI is InChI=1S/C13H13N5OS2/c1-8-3-4-9-12(17-21-16-9)11(8)15-10(19)7-20-13-14-5-6-18(13)2/h3-6H,7H2,1-2H3,(H,15,19). The van der Waals surface area contributed by atoms with Crippen LogP contribution in [0.1, 0.15) is 5.56 Å². The minimum absolute atomic E-state index is 0.0772. The van der Waals surface area contributed by atoms with Crippen molar-refractivity contribution in [3.05, 3.63) is 30.1 Å². The zero-order chi connectivity index (χ0) is 14.8. The van der Waals surface area contributed by atoms with Gasteiger partial charge in [0.1, 0.15) is 11.0 Å². The Morgan fingerprint density at radius 2 is 2.29 bits per heavy atom. The van der Waals surface area contributed by atoms with E-state index in [4.69, 9.17) is 0 Å². The maximum absolute atomic E-state index is 12.1. The number of aryl methyl sites for hydroxylation is 2. The molecule has 0 saturated heterocycles. The molecule has 0 spiro atoms. The third kappa shape index (κ3) is 2.91. The van der Waals surface area contributed by atoms with E-state index in [1.54, 1.807) is 6.20 Å². The SMILES string of the molecule is Cc1ccc2nsnc2c1NC(=O)CSc1nccn1C. The molecule has 0 aliphatic carbocycles. The summed E-state index contributed by atoms with van der Waals surface area (Å²) < 4.78 is 10.3. The van der Waals surface area contributed by atoms with Gasteiger partial charge in [0.15, 0.2) is 5.16 Å². The third-order valence-electron chi connectivity index (χ3n) is 3.01. The molecule has 1 N–H and O–H groups in total. The van der Waals surface area contributed by atoms with Crippen LogP contribution < -0.4 is 5.32 Å². The summed E-state index contributed by atoms with van der Waals surface area (Å²) in [4.78, 5) is 16.3. The number of anilines is 1. The molecule has 0 aliphatic rings. The first kappa shape index (κ1) is 14.0. The topological polar surface area (TPSA) is 72.7 Å². The van der Waals surface area contributed by atoms with Crippen LogP contribution in [0.4, 0.5) is 5.69 Å². The second kappa shape index (κ2) is 5.82. The van der Waals surface area contributed by atoms with Gasteiger partial charge in [-0.1, -0.05) is 17.8 Å². The number of aromatic nitrogens is 4. The quantitative estimate of drug-likeness (QED) is 0.748. The summed E-state index contributed by atoms with van der Waals surface area (Å²) in [5.74, 6) is 0.227. The number of fused-ring (bicyclic) bond motifs is 1. The summed E-state index contributed by atoms with van der Waals surface area (Å²) in [6.45, 7) is 1.94. The van der Waals surface area contributed by atoms with E-state index in [9.17, 15) is 4.79 Å². The smallest absolute Gasteiger partial charge is 0.234 e. The van der Waals surface area contributed by atoms with Crippen molar-refractivity contribution in [2.24, 2.45) is 7.05 Å². The second-order valence-corrected chi connectivity index (χ2v) is 6.02. The maximum atomic E-state index is 12.1. The molecule has 3 rings (SSSR count). The van der Waals surface area contributed by atoms with Gasteiger partial charge in [0.05, 0.1) is 23.2 Å². The van der Waals surface area contributed by atoms with E-state index in [0.29, 0.717) is 5.75 Å². The van der Waals surface area contributed by atoms with Gasteiger partial charge in [-0.25, -0.2) is 4.98 Å². The van der Waals surface area contributed by atoms with Crippen molar-refractivity contribution in [3.8, 4) is 0 Å². The van der Waals surface area contributed by atoms with Crippen molar-refractivity contribution >= 4 is 46.1 Å². The Hall–Kier alpha value is -1.93. The van der Waals surface area contributed by atoms with Crippen LogP contribution in [0.25, 0.3) is 11.0 Å². The Morgan fingerprint density at radius 3 is 3.05 bits per heavy atom. The molecule has 2 heterocycles. The summed E-state index contributed by atoms with van der Waals surface area (Å²) in [6, 6.07) is 3.84. The van der Waals surface area contributed by atoms with E-state index in [0.717, 1.165) is 39.2 Å². The number of rotatable bonds is 4. The third-order valence-corrected chi connectivity index (χ3v) is 4.61. The number of nitrogens with zero attached hydrogens (tertiary/aromatic N) is 4. The highest BCUT2D eigenvalue weighted by Crippen LogP contribution is 2.26. The Bertz CT molecular complexity index is 795. The highest BCUT2D eigenvalue weighted by atomic mass is 32.2. The van der Waals surface area contributed by atoms with Crippen molar-refractivity contribution in [3.63, 3.8) is 0 Å².